The Balaban J connectivity index is 1.05. The minimum absolute atomic E-state index is 0.263. The van der Waals surface area contributed by atoms with Crippen LogP contribution in [0.5, 0.6) is 0 Å². The normalized spacial score (nSPS) is 18.9. The smallest absolute Gasteiger partial charge is 0.226 e. The molecule has 0 aliphatic carbocycles. The van der Waals surface area contributed by atoms with Crippen LogP contribution in [-0.4, -0.2) is 62.7 Å². The number of hydrogen-bond acceptors (Lipinski definition) is 4. The molecule has 0 spiro atoms. The third kappa shape index (κ3) is 7.93. The summed E-state index contributed by atoms with van der Waals surface area (Å²) < 4.78 is 0. The van der Waals surface area contributed by atoms with Crippen LogP contribution in [-0.2, 0) is 11.2 Å². The third-order valence-electron chi connectivity index (χ3n) is 7.33. The van der Waals surface area contributed by atoms with Crippen molar-refractivity contribution in [3.63, 3.8) is 0 Å². The van der Waals surface area contributed by atoms with E-state index in [4.69, 9.17) is 0 Å². The molecule has 2 aliphatic rings. The van der Waals surface area contributed by atoms with E-state index >= 15 is 0 Å². The molecule has 2 aliphatic heterocycles. The second-order valence-corrected chi connectivity index (χ2v) is 9.97. The Morgan fingerprint density at radius 2 is 1.53 bits per heavy atom. The lowest BCUT2D eigenvalue weighted by atomic mass is 9.96. The van der Waals surface area contributed by atoms with Crippen molar-refractivity contribution in [1.82, 2.24) is 20.9 Å². The summed E-state index contributed by atoms with van der Waals surface area (Å²) in [5, 5.41) is 10.8. The van der Waals surface area contributed by atoms with Crippen molar-refractivity contribution in [1.29, 1.82) is 0 Å². The number of rotatable bonds is 12. The molecule has 3 N–H and O–H groups in total. The average Bonchev–Trinajstić information content (AvgIpc) is 3.40. The second-order valence-electron chi connectivity index (χ2n) is 9.97. The van der Waals surface area contributed by atoms with Crippen molar-refractivity contribution in [2.75, 3.05) is 45.8 Å². The Morgan fingerprint density at radius 1 is 0.853 bits per heavy atom. The first-order valence-electron chi connectivity index (χ1n) is 13.3. The second kappa shape index (κ2) is 13.6. The van der Waals surface area contributed by atoms with Crippen molar-refractivity contribution in [2.45, 2.75) is 51.0 Å². The highest BCUT2D eigenvalue weighted by atomic mass is 16.2. The summed E-state index contributed by atoms with van der Waals surface area (Å²) in [4.78, 5) is 14.9. The number of hydrogen-bond donors (Lipinski definition) is 3. The Hall–Kier alpha value is -2.21. The molecule has 0 unspecified atom stereocenters. The van der Waals surface area contributed by atoms with Crippen LogP contribution >= 0.6 is 0 Å². The molecule has 1 amide bonds. The number of nitrogens with one attached hydrogen (secondary N) is 3. The molecule has 2 aromatic rings. The van der Waals surface area contributed by atoms with Crippen molar-refractivity contribution >= 4 is 5.91 Å². The maximum Gasteiger partial charge on any atom is 0.226 e. The van der Waals surface area contributed by atoms with Crippen LogP contribution in [0.3, 0.4) is 0 Å². The number of nitrogens with zero attached hydrogens (tertiary/aromatic N) is 1. The van der Waals surface area contributed by atoms with Crippen LogP contribution in [0.15, 0.2) is 54.6 Å². The first-order valence-corrected chi connectivity index (χ1v) is 13.3. The zero-order valence-corrected chi connectivity index (χ0v) is 20.6. The molecule has 2 aromatic carbocycles. The van der Waals surface area contributed by atoms with E-state index in [1.165, 1.54) is 43.4 Å². The van der Waals surface area contributed by atoms with Crippen LogP contribution in [0.25, 0.3) is 11.1 Å². The fraction of sp³-hybridized carbons (Fsp3) is 0.552. The van der Waals surface area contributed by atoms with E-state index in [1.807, 2.05) is 6.07 Å². The number of likely N-dealkylation sites (tertiary alicyclic amines) is 1. The first-order chi connectivity index (χ1) is 16.8. The van der Waals surface area contributed by atoms with Gasteiger partial charge in [-0.1, -0.05) is 54.6 Å². The topological polar surface area (TPSA) is 56.4 Å². The number of carbonyl (C=O) groups excluding carboxylic acids is 1. The predicted octanol–water partition coefficient (Wildman–Crippen LogP) is 3.85. The van der Waals surface area contributed by atoms with Crippen LogP contribution in [0.4, 0.5) is 0 Å². The monoisotopic (exact) mass is 462 g/mol. The average molecular weight is 463 g/mol. The summed E-state index contributed by atoms with van der Waals surface area (Å²) >= 11 is 0. The Labute approximate surface area is 205 Å². The molecule has 0 saturated carbocycles. The van der Waals surface area contributed by atoms with E-state index in [2.05, 4.69) is 69.4 Å². The summed E-state index contributed by atoms with van der Waals surface area (Å²) in [6.07, 6.45) is 7.84. The van der Waals surface area contributed by atoms with Crippen molar-refractivity contribution < 1.29 is 4.79 Å². The van der Waals surface area contributed by atoms with E-state index < -0.39 is 0 Å². The number of benzene rings is 2. The van der Waals surface area contributed by atoms with Crippen molar-refractivity contribution in [2.24, 2.45) is 5.92 Å². The van der Waals surface area contributed by atoms with Gasteiger partial charge in [0.25, 0.3) is 0 Å². The van der Waals surface area contributed by atoms with Gasteiger partial charge in [-0.25, -0.2) is 0 Å². The van der Waals surface area contributed by atoms with E-state index in [9.17, 15) is 4.79 Å². The van der Waals surface area contributed by atoms with E-state index in [0.717, 1.165) is 57.7 Å². The molecule has 2 saturated heterocycles. The molecule has 0 aromatic heterocycles. The van der Waals surface area contributed by atoms with Crippen LogP contribution in [0.1, 0.15) is 44.1 Å². The molecule has 2 heterocycles. The quantitative estimate of drug-likeness (QED) is 0.420. The summed E-state index contributed by atoms with van der Waals surface area (Å²) in [6, 6.07) is 19.5. The number of carbonyl (C=O) groups is 1. The van der Waals surface area contributed by atoms with Crippen LogP contribution in [0.2, 0.25) is 0 Å². The van der Waals surface area contributed by atoms with Gasteiger partial charge in [0.1, 0.15) is 0 Å². The zero-order chi connectivity index (χ0) is 23.4. The molecule has 1 atom stereocenters. The van der Waals surface area contributed by atoms with Gasteiger partial charge in [-0.15, -0.1) is 0 Å². The molecule has 4 rings (SSSR count). The highest BCUT2D eigenvalue weighted by Gasteiger charge is 2.22. The number of unbranched alkanes of at least 4 members (excludes halogenated alkanes) is 1. The predicted molar refractivity (Wildman–Crippen MR) is 141 cm³/mol. The van der Waals surface area contributed by atoms with Gasteiger partial charge in [0.05, 0.1) is 6.42 Å². The lowest BCUT2D eigenvalue weighted by Gasteiger charge is -2.32. The van der Waals surface area contributed by atoms with Gasteiger partial charge in [-0.2, -0.15) is 0 Å². The van der Waals surface area contributed by atoms with Gasteiger partial charge in [0.15, 0.2) is 0 Å². The summed E-state index contributed by atoms with van der Waals surface area (Å²) in [5.74, 6) is 0.958. The highest BCUT2D eigenvalue weighted by molar-refractivity contribution is 5.79. The van der Waals surface area contributed by atoms with Gasteiger partial charge in [0, 0.05) is 25.7 Å². The van der Waals surface area contributed by atoms with Gasteiger partial charge < -0.3 is 20.9 Å². The maximum atomic E-state index is 12.8. The fourth-order valence-corrected chi connectivity index (χ4v) is 5.13. The molecule has 184 valence electrons. The van der Waals surface area contributed by atoms with Crippen LogP contribution in [0, 0.1) is 5.92 Å². The summed E-state index contributed by atoms with van der Waals surface area (Å²) in [6.45, 7) is 7.40. The fourth-order valence-electron chi connectivity index (χ4n) is 5.13. The molecule has 5 nitrogen and oxygen atoms in total. The maximum absolute atomic E-state index is 12.8. The minimum atomic E-state index is 0.263. The van der Waals surface area contributed by atoms with Gasteiger partial charge in [-0.3, -0.25) is 4.79 Å². The summed E-state index contributed by atoms with van der Waals surface area (Å²) in [5.41, 5.74) is 3.51. The molecule has 2 fully saturated rings. The number of piperidine rings is 1. The number of amides is 1. The molecule has 5 heteroatoms. The summed E-state index contributed by atoms with van der Waals surface area (Å²) in [7, 11) is 0. The molecular formula is C29H42N4O. The lowest BCUT2D eigenvalue weighted by molar-refractivity contribution is -0.131. The molecular weight excluding hydrogens is 420 g/mol. The molecule has 0 radical (unpaired) electrons. The van der Waals surface area contributed by atoms with E-state index in [1.54, 1.807) is 0 Å². The Morgan fingerprint density at radius 3 is 2.21 bits per heavy atom. The van der Waals surface area contributed by atoms with Crippen molar-refractivity contribution in [3.8, 4) is 11.1 Å². The highest BCUT2D eigenvalue weighted by Crippen LogP contribution is 2.21. The van der Waals surface area contributed by atoms with Gasteiger partial charge in [0.2, 0.25) is 5.91 Å². The third-order valence-corrected chi connectivity index (χ3v) is 7.33. The minimum Gasteiger partial charge on any atom is -0.342 e. The van der Waals surface area contributed by atoms with Crippen molar-refractivity contribution in [3.05, 3.63) is 60.2 Å². The SMILES string of the molecule is O=C(Cc1ccc(-c2ccccc2)cc1)N1CCC(CNCCCCNC[C@@H]2CCCN2)CC1. The first kappa shape index (κ1) is 24.9. The van der Waals surface area contributed by atoms with E-state index in [0.29, 0.717) is 18.4 Å². The lowest BCUT2D eigenvalue weighted by Crippen LogP contribution is -2.41. The molecule has 0 bridgehead atoms. The standard InChI is InChI=1S/C29H42N4O/c34-29(21-24-10-12-27(13-11-24)26-7-2-1-3-8-26)33-19-14-25(15-20-33)22-30-16-4-5-17-31-23-28-9-6-18-32-28/h1-3,7-8,10-13,25,28,30-32H,4-6,9,14-23H2/t28-/m0/s1. The molecule has 34 heavy (non-hydrogen) atoms. The Bertz CT molecular complexity index is 840. The Kier molecular flexibility index (Phi) is 9.97. The van der Waals surface area contributed by atoms with E-state index in [-0.39, 0.29) is 5.91 Å². The van der Waals surface area contributed by atoms with Gasteiger partial charge >= 0.3 is 0 Å². The largest absolute Gasteiger partial charge is 0.342 e. The van der Waals surface area contributed by atoms with Gasteiger partial charge in [-0.05, 0) is 87.3 Å². The van der Waals surface area contributed by atoms with Crippen LogP contribution < -0.4 is 16.0 Å². The zero-order valence-electron chi connectivity index (χ0n) is 20.6.